The van der Waals surface area contributed by atoms with Crippen molar-refractivity contribution in [2.75, 3.05) is 25.5 Å². The number of primary amides is 1. The van der Waals surface area contributed by atoms with Gasteiger partial charge in [0.2, 0.25) is 5.91 Å². The Hall–Kier alpha value is -3.04. The second-order valence-electron chi connectivity index (χ2n) is 7.98. The van der Waals surface area contributed by atoms with E-state index in [0.717, 1.165) is 29.8 Å². The van der Waals surface area contributed by atoms with Crippen LogP contribution in [0.15, 0.2) is 48.5 Å². The first kappa shape index (κ1) is 24.6. The zero-order valence-electron chi connectivity index (χ0n) is 18.5. The molecular weight excluding hydrogens is 440 g/mol. The van der Waals surface area contributed by atoms with E-state index in [9.17, 15) is 14.4 Å². The molecule has 1 fully saturated rings. The van der Waals surface area contributed by atoms with Crippen molar-refractivity contribution in [3.63, 3.8) is 0 Å². The molecule has 0 saturated carbocycles. The van der Waals surface area contributed by atoms with Crippen LogP contribution < -0.4 is 21.7 Å². The number of esters is 1. The Kier molecular flexibility index (Phi) is 8.73. The SMILES string of the molecule is COC(=O)[C@H](CCC(N)=O)NC(=O)c1cc(NC[C@H]2NCC[C@H]2S)ccc1-c1ccccc1. The number of rotatable bonds is 10. The number of nitrogens with two attached hydrogens (primary N) is 1. The summed E-state index contributed by atoms with van der Waals surface area (Å²) in [5.74, 6) is -1.63. The summed E-state index contributed by atoms with van der Waals surface area (Å²) in [7, 11) is 1.23. The van der Waals surface area contributed by atoms with Gasteiger partial charge in [-0.25, -0.2) is 4.79 Å². The van der Waals surface area contributed by atoms with Crippen LogP contribution in [0.4, 0.5) is 5.69 Å². The summed E-state index contributed by atoms with van der Waals surface area (Å²) in [6, 6.07) is 14.3. The number of methoxy groups -OCH3 is 1. The lowest BCUT2D eigenvalue weighted by atomic mass is 9.98. The van der Waals surface area contributed by atoms with Crippen LogP contribution in [0.5, 0.6) is 0 Å². The van der Waals surface area contributed by atoms with Gasteiger partial charge in [-0.15, -0.1) is 0 Å². The minimum Gasteiger partial charge on any atom is -0.467 e. The Morgan fingerprint density at radius 1 is 1.21 bits per heavy atom. The lowest BCUT2D eigenvalue weighted by Gasteiger charge is -2.20. The predicted octanol–water partition coefficient (Wildman–Crippen LogP) is 1.96. The first-order valence-electron chi connectivity index (χ1n) is 10.9. The van der Waals surface area contributed by atoms with E-state index in [2.05, 4.69) is 28.6 Å². The van der Waals surface area contributed by atoms with Gasteiger partial charge in [0.1, 0.15) is 6.04 Å². The molecule has 5 N–H and O–H groups in total. The summed E-state index contributed by atoms with van der Waals surface area (Å²) in [5.41, 5.74) is 7.99. The van der Waals surface area contributed by atoms with Crippen molar-refractivity contribution >= 4 is 36.1 Å². The third-order valence-corrected chi connectivity index (χ3v) is 6.27. The Labute approximate surface area is 199 Å². The highest BCUT2D eigenvalue weighted by Gasteiger charge is 2.25. The molecule has 33 heavy (non-hydrogen) atoms. The number of anilines is 1. The number of carbonyl (C=O) groups excluding carboxylic acids is 3. The Morgan fingerprint density at radius 2 is 1.97 bits per heavy atom. The van der Waals surface area contributed by atoms with Gasteiger partial charge in [0, 0.05) is 35.5 Å². The standard InChI is InChI=1S/C24H30N4O4S/c1-32-24(31)19(9-10-22(25)29)28-23(30)18-13-16(27-14-20-21(33)11-12-26-20)7-8-17(18)15-5-3-2-4-6-15/h2-8,13,19-21,26-27,33H,9-12,14H2,1H3,(H2,25,29)(H,28,30)/t19-,20+,21+/m0/s1. The average Bonchev–Trinajstić information content (AvgIpc) is 3.24. The van der Waals surface area contributed by atoms with Crippen molar-refractivity contribution in [2.24, 2.45) is 5.73 Å². The number of hydrogen-bond acceptors (Lipinski definition) is 7. The first-order valence-corrected chi connectivity index (χ1v) is 11.4. The van der Waals surface area contributed by atoms with Crippen molar-refractivity contribution in [2.45, 2.75) is 36.6 Å². The molecule has 1 saturated heterocycles. The smallest absolute Gasteiger partial charge is 0.328 e. The number of thiol groups is 1. The molecule has 1 heterocycles. The van der Waals surface area contributed by atoms with Crippen LogP contribution in [0.3, 0.4) is 0 Å². The molecule has 3 rings (SSSR count). The molecule has 0 unspecified atom stereocenters. The van der Waals surface area contributed by atoms with Crippen molar-refractivity contribution in [3.8, 4) is 11.1 Å². The molecule has 8 nitrogen and oxygen atoms in total. The minimum atomic E-state index is -0.983. The van der Waals surface area contributed by atoms with E-state index in [1.165, 1.54) is 7.11 Å². The van der Waals surface area contributed by atoms with Crippen LogP contribution in [0.1, 0.15) is 29.6 Å². The molecule has 0 aromatic heterocycles. The number of ether oxygens (including phenoxy) is 1. The summed E-state index contributed by atoms with van der Waals surface area (Å²) in [5, 5.41) is 9.77. The molecule has 3 atom stereocenters. The Bertz CT molecular complexity index is 986. The summed E-state index contributed by atoms with van der Waals surface area (Å²) < 4.78 is 4.79. The van der Waals surface area contributed by atoms with Gasteiger partial charge in [-0.2, -0.15) is 12.6 Å². The average molecular weight is 471 g/mol. The molecule has 0 radical (unpaired) electrons. The molecule has 0 spiro atoms. The van der Waals surface area contributed by atoms with E-state index >= 15 is 0 Å². The monoisotopic (exact) mass is 470 g/mol. The predicted molar refractivity (Wildman–Crippen MR) is 131 cm³/mol. The topological polar surface area (TPSA) is 123 Å². The minimum absolute atomic E-state index is 0.0491. The van der Waals surface area contributed by atoms with E-state index in [1.807, 2.05) is 42.5 Å². The second kappa shape index (κ2) is 11.7. The number of amides is 2. The van der Waals surface area contributed by atoms with E-state index in [4.69, 9.17) is 10.5 Å². The fourth-order valence-corrected chi connectivity index (χ4v) is 4.16. The normalized spacial score (nSPS) is 18.4. The Balaban J connectivity index is 1.85. The van der Waals surface area contributed by atoms with E-state index in [0.29, 0.717) is 12.1 Å². The van der Waals surface area contributed by atoms with Crippen LogP contribution in [-0.4, -0.2) is 55.3 Å². The van der Waals surface area contributed by atoms with Crippen molar-refractivity contribution in [1.82, 2.24) is 10.6 Å². The van der Waals surface area contributed by atoms with Gasteiger partial charge in [0.15, 0.2) is 0 Å². The number of benzene rings is 2. The zero-order valence-corrected chi connectivity index (χ0v) is 19.4. The van der Waals surface area contributed by atoms with Gasteiger partial charge < -0.3 is 26.4 Å². The van der Waals surface area contributed by atoms with Crippen LogP contribution >= 0.6 is 12.6 Å². The first-order chi connectivity index (χ1) is 15.9. The van der Waals surface area contributed by atoms with Gasteiger partial charge in [-0.3, -0.25) is 9.59 Å². The molecule has 2 aromatic carbocycles. The van der Waals surface area contributed by atoms with E-state index in [1.54, 1.807) is 6.07 Å². The molecule has 2 aromatic rings. The summed E-state index contributed by atoms with van der Waals surface area (Å²) in [6.07, 6.45) is 1.02. The molecular formula is C24H30N4O4S. The van der Waals surface area contributed by atoms with Crippen molar-refractivity contribution in [1.29, 1.82) is 0 Å². The van der Waals surface area contributed by atoms with Crippen LogP contribution in [0.25, 0.3) is 11.1 Å². The number of carbonyl (C=O) groups is 3. The second-order valence-corrected chi connectivity index (χ2v) is 8.64. The third kappa shape index (κ3) is 6.72. The maximum absolute atomic E-state index is 13.3. The molecule has 9 heteroatoms. The van der Waals surface area contributed by atoms with Gasteiger partial charge in [-0.05, 0) is 42.6 Å². The maximum Gasteiger partial charge on any atom is 0.328 e. The number of hydrogen-bond donors (Lipinski definition) is 5. The molecule has 0 aliphatic carbocycles. The maximum atomic E-state index is 13.3. The van der Waals surface area contributed by atoms with Crippen LogP contribution in [0.2, 0.25) is 0 Å². The van der Waals surface area contributed by atoms with Gasteiger partial charge in [-0.1, -0.05) is 36.4 Å². The van der Waals surface area contributed by atoms with Crippen LogP contribution in [0, 0.1) is 0 Å². The van der Waals surface area contributed by atoms with Gasteiger partial charge >= 0.3 is 5.97 Å². The van der Waals surface area contributed by atoms with Crippen LogP contribution in [-0.2, 0) is 14.3 Å². The highest BCUT2D eigenvalue weighted by Crippen LogP contribution is 2.27. The lowest BCUT2D eigenvalue weighted by Crippen LogP contribution is -2.42. The molecule has 176 valence electrons. The molecule has 0 bridgehead atoms. The largest absolute Gasteiger partial charge is 0.467 e. The molecule has 1 aliphatic heterocycles. The Morgan fingerprint density at radius 3 is 2.61 bits per heavy atom. The zero-order chi connectivity index (χ0) is 23.8. The lowest BCUT2D eigenvalue weighted by molar-refractivity contribution is -0.143. The summed E-state index contributed by atoms with van der Waals surface area (Å²) in [4.78, 5) is 36.7. The van der Waals surface area contributed by atoms with Crippen molar-refractivity contribution in [3.05, 3.63) is 54.1 Å². The molecule has 2 amide bonds. The van der Waals surface area contributed by atoms with E-state index in [-0.39, 0.29) is 24.1 Å². The van der Waals surface area contributed by atoms with Gasteiger partial charge in [0.25, 0.3) is 5.91 Å². The van der Waals surface area contributed by atoms with E-state index < -0.39 is 23.8 Å². The van der Waals surface area contributed by atoms with Crippen molar-refractivity contribution < 1.29 is 19.1 Å². The fraction of sp³-hybridized carbons (Fsp3) is 0.375. The quantitative estimate of drug-likeness (QED) is 0.267. The third-order valence-electron chi connectivity index (χ3n) is 5.66. The molecule has 1 aliphatic rings. The fourth-order valence-electron chi connectivity index (χ4n) is 3.82. The summed E-state index contributed by atoms with van der Waals surface area (Å²) in [6.45, 7) is 1.60. The van der Waals surface area contributed by atoms with Gasteiger partial charge in [0.05, 0.1) is 7.11 Å². The highest BCUT2D eigenvalue weighted by molar-refractivity contribution is 7.81. The highest BCUT2D eigenvalue weighted by atomic mass is 32.1. The summed E-state index contributed by atoms with van der Waals surface area (Å²) >= 11 is 4.61. The number of nitrogens with one attached hydrogen (secondary N) is 3.